The van der Waals surface area contributed by atoms with E-state index in [1.54, 1.807) is 13.0 Å². The number of allylic oxidation sites excluding steroid dienone is 1. The van der Waals surface area contributed by atoms with E-state index in [1.165, 1.54) is 19.1 Å². The van der Waals surface area contributed by atoms with Gasteiger partial charge in [0, 0.05) is 12.6 Å². The Labute approximate surface area is 138 Å². The molecule has 0 saturated carbocycles. The molecule has 2 amide bonds. The molecule has 3 rings (SSSR count). The van der Waals surface area contributed by atoms with Crippen molar-refractivity contribution in [1.82, 2.24) is 10.2 Å². The first kappa shape index (κ1) is 15.8. The Kier molecular flexibility index (Phi) is 3.84. The maximum Gasteiger partial charge on any atom is 0.322 e. The molecule has 1 aliphatic heterocycles. The number of nitrogens with zero attached hydrogens (tertiary/aromatic N) is 2. The lowest BCUT2D eigenvalue weighted by Crippen LogP contribution is -2.46. The van der Waals surface area contributed by atoms with E-state index in [0.29, 0.717) is 17.0 Å². The molecule has 124 valence electrons. The molecule has 7 heteroatoms. The van der Waals surface area contributed by atoms with Crippen LogP contribution in [-0.2, 0) is 0 Å². The van der Waals surface area contributed by atoms with Crippen LogP contribution in [0, 0.1) is 10.1 Å². The summed E-state index contributed by atoms with van der Waals surface area (Å²) in [6.45, 7) is 1.57. The van der Waals surface area contributed by atoms with Crippen molar-refractivity contribution in [2.24, 2.45) is 0 Å². The minimum Gasteiger partial charge on any atom is -0.496 e. The number of hydrogen-bond acceptors (Lipinski definition) is 4. The number of rotatable bonds is 3. The largest absolute Gasteiger partial charge is 0.496 e. The van der Waals surface area contributed by atoms with Crippen LogP contribution < -0.4 is 10.1 Å². The van der Waals surface area contributed by atoms with E-state index in [4.69, 9.17) is 4.74 Å². The van der Waals surface area contributed by atoms with E-state index in [-0.39, 0.29) is 5.70 Å². The third-order valence-corrected chi connectivity index (χ3v) is 4.36. The first-order valence-corrected chi connectivity index (χ1v) is 7.40. The van der Waals surface area contributed by atoms with E-state index in [0.717, 1.165) is 10.8 Å². The Morgan fingerprint density at radius 3 is 2.62 bits per heavy atom. The lowest BCUT2D eigenvalue weighted by atomic mass is 9.94. The Morgan fingerprint density at radius 2 is 1.96 bits per heavy atom. The summed E-state index contributed by atoms with van der Waals surface area (Å²) in [6.07, 6.45) is 0. The van der Waals surface area contributed by atoms with Gasteiger partial charge in [-0.3, -0.25) is 15.0 Å². The van der Waals surface area contributed by atoms with Crippen molar-refractivity contribution in [1.29, 1.82) is 0 Å². The van der Waals surface area contributed by atoms with E-state index >= 15 is 0 Å². The van der Waals surface area contributed by atoms with Crippen LogP contribution in [0.4, 0.5) is 4.79 Å². The number of hydrogen-bond donors (Lipinski definition) is 1. The van der Waals surface area contributed by atoms with Crippen LogP contribution >= 0.6 is 0 Å². The molecule has 7 nitrogen and oxygen atoms in total. The summed E-state index contributed by atoms with van der Waals surface area (Å²) in [4.78, 5) is 24.7. The van der Waals surface area contributed by atoms with Crippen LogP contribution in [0.3, 0.4) is 0 Å². The molecule has 0 bridgehead atoms. The third-order valence-electron chi connectivity index (χ3n) is 4.36. The zero-order chi connectivity index (χ0) is 17.4. The molecule has 2 aromatic rings. The predicted octanol–water partition coefficient (Wildman–Crippen LogP) is 3.05. The summed E-state index contributed by atoms with van der Waals surface area (Å²) < 4.78 is 5.42. The highest BCUT2D eigenvalue weighted by Gasteiger charge is 2.40. The lowest BCUT2D eigenvalue weighted by molar-refractivity contribution is -0.433. The van der Waals surface area contributed by atoms with Gasteiger partial charge in [0.25, 0.3) is 5.70 Å². The van der Waals surface area contributed by atoms with Gasteiger partial charge in [0.1, 0.15) is 5.75 Å². The summed E-state index contributed by atoms with van der Waals surface area (Å²) in [5.41, 5.74) is 0.832. The quantitative estimate of drug-likeness (QED) is 0.693. The van der Waals surface area contributed by atoms with Crippen LogP contribution in [0.15, 0.2) is 47.8 Å². The highest BCUT2D eigenvalue weighted by Crippen LogP contribution is 2.39. The minimum atomic E-state index is -0.884. The van der Waals surface area contributed by atoms with Crippen LogP contribution in [0.25, 0.3) is 10.8 Å². The van der Waals surface area contributed by atoms with Crippen molar-refractivity contribution in [2.45, 2.75) is 13.0 Å². The standard InChI is InChI=1S/C17H17N3O4/c1-10-16(20(22)23)15(18-17(21)19(10)2)14-12-7-5-4-6-11(12)8-9-13(14)24-3/h4-9,15H,1-3H3,(H,18,21). The molecule has 1 unspecified atom stereocenters. The molecular weight excluding hydrogens is 310 g/mol. The van der Waals surface area contributed by atoms with Crippen molar-refractivity contribution in [3.05, 3.63) is 63.5 Å². The molecular formula is C17H17N3O4. The topological polar surface area (TPSA) is 84.7 Å². The average Bonchev–Trinajstić information content (AvgIpc) is 2.57. The first-order valence-electron chi connectivity index (χ1n) is 7.40. The van der Waals surface area contributed by atoms with E-state index in [1.807, 2.05) is 30.3 Å². The molecule has 0 aliphatic carbocycles. The number of ether oxygens (including phenoxy) is 1. The number of fused-ring (bicyclic) bond motifs is 1. The number of nitro groups is 1. The van der Waals surface area contributed by atoms with Crippen molar-refractivity contribution in [2.75, 3.05) is 14.2 Å². The highest BCUT2D eigenvalue weighted by atomic mass is 16.6. The molecule has 2 aromatic carbocycles. The smallest absolute Gasteiger partial charge is 0.322 e. The number of amides is 2. The molecule has 24 heavy (non-hydrogen) atoms. The molecule has 1 atom stereocenters. The lowest BCUT2D eigenvalue weighted by Gasteiger charge is -2.30. The maximum absolute atomic E-state index is 12.2. The Bertz CT molecular complexity index is 875. The number of methoxy groups -OCH3 is 1. The van der Waals surface area contributed by atoms with Crippen molar-refractivity contribution in [3.8, 4) is 5.75 Å². The Balaban J connectivity index is 2.33. The Morgan fingerprint density at radius 1 is 1.25 bits per heavy atom. The van der Waals surface area contributed by atoms with Crippen LogP contribution in [0.2, 0.25) is 0 Å². The molecule has 0 radical (unpaired) electrons. The summed E-state index contributed by atoms with van der Waals surface area (Å²) in [5, 5.41) is 16.1. The second-order valence-electron chi connectivity index (χ2n) is 5.57. The van der Waals surface area contributed by atoms with Gasteiger partial charge in [-0.15, -0.1) is 0 Å². The van der Waals surface area contributed by atoms with E-state index in [2.05, 4.69) is 5.32 Å². The van der Waals surface area contributed by atoms with Gasteiger partial charge in [0.2, 0.25) is 0 Å². The maximum atomic E-state index is 12.2. The van der Waals surface area contributed by atoms with Gasteiger partial charge in [-0.1, -0.05) is 30.3 Å². The number of urea groups is 1. The van der Waals surface area contributed by atoms with Gasteiger partial charge in [-0.2, -0.15) is 0 Å². The van der Waals surface area contributed by atoms with Crippen LogP contribution in [-0.4, -0.2) is 30.0 Å². The minimum absolute atomic E-state index is 0.0632. The van der Waals surface area contributed by atoms with Crippen molar-refractivity contribution >= 4 is 16.8 Å². The fourth-order valence-corrected chi connectivity index (χ4v) is 3.02. The summed E-state index contributed by atoms with van der Waals surface area (Å²) in [6, 6.07) is 9.89. The molecule has 0 fully saturated rings. The third kappa shape index (κ3) is 2.34. The van der Waals surface area contributed by atoms with Crippen molar-refractivity contribution < 1.29 is 14.5 Å². The molecule has 0 aromatic heterocycles. The fraction of sp³-hybridized carbons (Fsp3) is 0.235. The number of carbonyl (C=O) groups is 1. The first-order chi connectivity index (χ1) is 11.5. The fourth-order valence-electron chi connectivity index (χ4n) is 3.02. The van der Waals surface area contributed by atoms with E-state index < -0.39 is 17.0 Å². The van der Waals surface area contributed by atoms with Crippen LogP contribution in [0.5, 0.6) is 5.75 Å². The van der Waals surface area contributed by atoms with E-state index in [9.17, 15) is 14.9 Å². The SMILES string of the molecule is COc1ccc2ccccc2c1C1NC(=O)N(C)C(C)=C1[N+](=O)[O-]. The second kappa shape index (κ2) is 5.84. The summed E-state index contributed by atoms with van der Waals surface area (Å²) in [5.74, 6) is 0.496. The van der Waals surface area contributed by atoms with Gasteiger partial charge in [-0.05, 0) is 23.8 Å². The molecule has 0 saturated heterocycles. The second-order valence-corrected chi connectivity index (χ2v) is 5.57. The number of carbonyl (C=O) groups excluding carboxylic acids is 1. The van der Waals surface area contributed by atoms with Gasteiger partial charge in [0.05, 0.1) is 17.7 Å². The van der Waals surface area contributed by atoms with Gasteiger partial charge < -0.3 is 10.1 Å². The average molecular weight is 327 g/mol. The molecule has 0 spiro atoms. The number of nitrogens with one attached hydrogen (secondary N) is 1. The molecule has 1 N–H and O–H groups in total. The predicted molar refractivity (Wildman–Crippen MR) is 89.2 cm³/mol. The van der Waals surface area contributed by atoms with Gasteiger partial charge in [-0.25, -0.2) is 4.79 Å². The zero-order valence-electron chi connectivity index (χ0n) is 13.6. The highest BCUT2D eigenvalue weighted by molar-refractivity contribution is 5.90. The van der Waals surface area contributed by atoms with Crippen molar-refractivity contribution in [3.63, 3.8) is 0 Å². The molecule has 1 aliphatic rings. The van der Waals surface area contributed by atoms with Gasteiger partial charge in [0.15, 0.2) is 6.04 Å². The number of benzene rings is 2. The van der Waals surface area contributed by atoms with Gasteiger partial charge >= 0.3 is 6.03 Å². The molecule has 1 heterocycles. The summed E-state index contributed by atoms with van der Waals surface area (Å²) >= 11 is 0. The summed E-state index contributed by atoms with van der Waals surface area (Å²) in [7, 11) is 3.01. The normalized spacial score (nSPS) is 17.9. The monoisotopic (exact) mass is 327 g/mol. The Hall–Kier alpha value is -3.09. The van der Waals surface area contributed by atoms with Crippen LogP contribution in [0.1, 0.15) is 18.5 Å². The zero-order valence-corrected chi connectivity index (χ0v) is 13.6.